The van der Waals surface area contributed by atoms with Gasteiger partial charge >= 0.3 is 17.9 Å². The molecule has 0 aromatic rings. The molecule has 0 bridgehead atoms. The molecule has 0 saturated heterocycles. The van der Waals surface area contributed by atoms with Gasteiger partial charge in [-0.2, -0.15) is 0 Å². The van der Waals surface area contributed by atoms with E-state index in [-0.39, 0.29) is 0 Å². The van der Waals surface area contributed by atoms with Gasteiger partial charge in [0.25, 0.3) is 0 Å². The van der Waals surface area contributed by atoms with Crippen LogP contribution in [0.25, 0.3) is 0 Å². The molecule has 0 radical (unpaired) electrons. The number of hydrogen-bond donors (Lipinski definition) is 14. The maximum absolute atomic E-state index is 13.4. The van der Waals surface area contributed by atoms with Crippen molar-refractivity contribution in [3.63, 3.8) is 0 Å². The molecule has 0 saturated carbocycles. The van der Waals surface area contributed by atoms with E-state index in [1.54, 1.807) is 13.8 Å². The van der Waals surface area contributed by atoms with Crippen molar-refractivity contribution in [2.75, 3.05) is 6.54 Å². The summed E-state index contributed by atoms with van der Waals surface area (Å²) in [5, 5.41) is 65.3. The lowest BCUT2D eigenvalue weighted by molar-refractivity contribution is -0.143. The van der Waals surface area contributed by atoms with Crippen molar-refractivity contribution in [1.82, 2.24) is 42.5 Å². The van der Waals surface area contributed by atoms with Crippen molar-refractivity contribution in [2.24, 2.45) is 11.7 Å². The van der Waals surface area contributed by atoms with Gasteiger partial charge in [-0.3, -0.25) is 47.9 Å². The van der Waals surface area contributed by atoms with Crippen LogP contribution in [0.4, 0.5) is 0 Å². The topological polar surface area (TPSA) is 411 Å². The third-order valence-corrected chi connectivity index (χ3v) is 8.92. The van der Waals surface area contributed by atoms with Crippen LogP contribution in [0.1, 0.15) is 80.6 Å². The van der Waals surface area contributed by atoms with Gasteiger partial charge in [0, 0.05) is 12.8 Å². The fourth-order valence-corrected chi connectivity index (χ4v) is 4.90. The molecule has 0 aromatic carbocycles. The van der Waals surface area contributed by atoms with E-state index >= 15 is 0 Å². The van der Waals surface area contributed by atoms with E-state index in [0.29, 0.717) is 6.42 Å². The van der Waals surface area contributed by atoms with E-state index in [1.165, 1.54) is 20.8 Å². The fraction of sp³-hybridized carbons (Fsp3) is 0.686. The van der Waals surface area contributed by atoms with Gasteiger partial charge in [0.2, 0.25) is 47.3 Å². The van der Waals surface area contributed by atoms with Crippen LogP contribution in [0.3, 0.4) is 0 Å². The Bertz CT molecular complexity index is 1580. The summed E-state index contributed by atoms with van der Waals surface area (Å²) in [4.78, 5) is 137. The van der Waals surface area contributed by atoms with Crippen LogP contribution in [0.5, 0.6) is 0 Å². The number of aliphatic hydroxyl groups excluding tert-OH is 2. The maximum Gasteiger partial charge on any atom is 0.326 e. The second-order valence-corrected chi connectivity index (χ2v) is 14.2. The summed E-state index contributed by atoms with van der Waals surface area (Å²) < 4.78 is 0. The summed E-state index contributed by atoms with van der Waals surface area (Å²) in [7, 11) is 0. The number of aliphatic hydroxyl groups is 2. The van der Waals surface area contributed by atoms with Crippen LogP contribution in [0.15, 0.2) is 0 Å². The van der Waals surface area contributed by atoms with E-state index in [2.05, 4.69) is 42.5 Å². The lowest BCUT2D eigenvalue weighted by Gasteiger charge is -2.26. The molecular weight excluding hydrogens is 802 g/mol. The minimum Gasteiger partial charge on any atom is -0.481 e. The Kier molecular flexibility index (Phi) is 23.6. The number of nitrogens with one attached hydrogen (secondary N) is 8. The van der Waals surface area contributed by atoms with Gasteiger partial charge in [-0.05, 0) is 53.4 Å². The average Bonchev–Trinajstić information content (AvgIpc) is 3.16. The van der Waals surface area contributed by atoms with Crippen molar-refractivity contribution >= 4 is 65.2 Å². The highest BCUT2D eigenvalue weighted by molar-refractivity contribution is 5.97. The molecule has 25 heteroatoms. The predicted molar refractivity (Wildman–Crippen MR) is 206 cm³/mol. The first-order chi connectivity index (χ1) is 27.7. The molecule has 8 amide bonds. The number of nitrogens with two attached hydrogens (primary N) is 1. The zero-order chi connectivity index (χ0) is 46.6. The standard InChI is InChI=1S/C35H59N9O16/c1-8-14(2)26(35(59)60)43-22(47)13-37-28(52)15(3)38-29(53)16(4)39-31(55)20(9-11-23(48)49)42-32(56)21(10-12-24(50)51)41-30(54)17(5)40-34(58)27(19(7)46)44-33(57)25(36)18(6)45/h14-21,25-27,45-46H,8-13,36H2,1-7H3,(H,37,52)(H,38,53)(H,39,55)(H,40,58)(H,41,54)(H,42,56)(H,43,47)(H,44,57)(H,48,49)(H,50,51)(H,59,60)/t14-,15-,16-,17-,18+,19+,20-,21-,25-,26-,27-/m0/s1. The molecule has 11 atom stereocenters. The van der Waals surface area contributed by atoms with Gasteiger partial charge in [0.05, 0.1) is 18.8 Å². The van der Waals surface area contributed by atoms with Crippen molar-refractivity contribution < 1.29 is 78.3 Å². The summed E-state index contributed by atoms with van der Waals surface area (Å²) in [6, 6.07) is -11.9. The minimum absolute atomic E-state index is 0.410. The highest BCUT2D eigenvalue weighted by Crippen LogP contribution is 2.08. The Morgan fingerprint density at radius 2 is 0.917 bits per heavy atom. The SMILES string of the molecule is CC[C@H](C)[C@H](NC(=O)CNC(=O)[C@H](C)NC(=O)[C@H](C)NC(=O)[C@H](CCC(=O)O)NC(=O)[C@H](CCC(=O)O)NC(=O)[C@H](C)NC(=O)[C@@H](NC(=O)[C@@H](N)[C@@H](C)O)[C@@H](C)O)C(=O)O. The molecule has 0 unspecified atom stereocenters. The third-order valence-electron chi connectivity index (χ3n) is 8.92. The van der Waals surface area contributed by atoms with Gasteiger partial charge in [-0.1, -0.05) is 20.3 Å². The first-order valence-corrected chi connectivity index (χ1v) is 18.9. The van der Waals surface area contributed by atoms with Gasteiger partial charge in [-0.25, -0.2) is 4.79 Å². The molecule has 60 heavy (non-hydrogen) atoms. The first kappa shape index (κ1) is 54.0. The van der Waals surface area contributed by atoms with Crippen LogP contribution in [-0.4, -0.2) is 158 Å². The Hall–Kier alpha value is -5.95. The smallest absolute Gasteiger partial charge is 0.326 e. The monoisotopic (exact) mass is 861 g/mol. The van der Waals surface area contributed by atoms with E-state index < -0.39 is 164 Å². The number of rotatable bonds is 27. The lowest BCUT2D eigenvalue weighted by Crippen LogP contribution is -2.61. The second-order valence-electron chi connectivity index (χ2n) is 14.2. The number of carbonyl (C=O) groups excluding carboxylic acids is 8. The number of hydrogen-bond acceptors (Lipinski definition) is 14. The molecule has 0 aliphatic rings. The summed E-state index contributed by atoms with van der Waals surface area (Å²) in [5.41, 5.74) is 5.56. The quantitative estimate of drug-likeness (QED) is 0.0366. The summed E-state index contributed by atoms with van der Waals surface area (Å²) in [5.74, 6) is -12.5. The summed E-state index contributed by atoms with van der Waals surface area (Å²) in [6.07, 6.45) is -4.90. The Morgan fingerprint density at radius 1 is 0.500 bits per heavy atom. The molecule has 0 heterocycles. The van der Waals surface area contributed by atoms with Crippen LogP contribution in [-0.2, 0) is 52.7 Å². The highest BCUT2D eigenvalue weighted by Gasteiger charge is 2.34. The van der Waals surface area contributed by atoms with Crippen LogP contribution in [0.2, 0.25) is 0 Å². The number of carboxylic acids is 3. The molecule has 340 valence electrons. The third kappa shape index (κ3) is 19.7. The van der Waals surface area contributed by atoms with Gasteiger partial charge in [0.15, 0.2) is 0 Å². The van der Waals surface area contributed by atoms with E-state index in [4.69, 9.17) is 5.73 Å². The molecule has 15 N–H and O–H groups in total. The Morgan fingerprint density at radius 3 is 1.35 bits per heavy atom. The zero-order valence-corrected chi connectivity index (χ0v) is 34.4. The fourth-order valence-electron chi connectivity index (χ4n) is 4.90. The lowest BCUT2D eigenvalue weighted by atomic mass is 9.99. The Balaban J connectivity index is 5.78. The number of carbonyl (C=O) groups is 11. The summed E-state index contributed by atoms with van der Waals surface area (Å²) in [6.45, 7) is 8.64. The van der Waals surface area contributed by atoms with Gasteiger partial charge in [0.1, 0.15) is 48.3 Å². The van der Waals surface area contributed by atoms with E-state index in [1.807, 2.05) is 0 Å². The first-order valence-electron chi connectivity index (χ1n) is 18.9. The normalized spacial score (nSPS) is 16.4. The molecule has 0 aliphatic heterocycles. The number of carboxylic acid groups (broad SMARTS) is 3. The largest absolute Gasteiger partial charge is 0.481 e. The highest BCUT2D eigenvalue weighted by atomic mass is 16.4. The zero-order valence-electron chi connectivity index (χ0n) is 34.4. The minimum atomic E-state index is -1.70. The van der Waals surface area contributed by atoms with Crippen molar-refractivity contribution in [3.8, 4) is 0 Å². The average molecular weight is 862 g/mol. The van der Waals surface area contributed by atoms with E-state index in [0.717, 1.165) is 13.8 Å². The molecule has 0 fully saturated rings. The van der Waals surface area contributed by atoms with Crippen molar-refractivity contribution in [3.05, 3.63) is 0 Å². The van der Waals surface area contributed by atoms with Crippen LogP contribution < -0.4 is 48.3 Å². The van der Waals surface area contributed by atoms with Crippen molar-refractivity contribution in [2.45, 2.75) is 141 Å². The predicted octanol–water partition coefficient (Wildman–Crippen LogP) is -5.49. The van der Waals surface area contributed by atoms with Crippen LogP contribution >= 0.6 is 0 Å². The molecule has 0 aliphatic carbocycles. The second kappa shape index (κ2) is 26.2. The van der Waals surface area contributed by atoms with E-state index in [9.17, 15) is 78.3 Å². The van der Waals surface area contributed by atoms with Gasteiger partial charge < -0.3 is 73.8 Å². The molecule has 0 aromatic heterocycles. The number of aliphatic carboxylic acids is 3. The maximum atomic E-state index is 13.4. The summed E-state index contributed by atoms with van der Waals surface area (Å²) >= 11 is 0. The molecule has 0 rings (SSSR count). The van der Waals surface area contributed by atoms with Crippen LogP contribution in [0, 0.1) is 5.92 Å². The molecule has 0 spiro atoms. The van der Waals surface area contributed by atoms with Crippen molar-refractivity contribution in [1.29, 1.82) is 0 Å². The molecule has 25 nitrogen and oxygen atoms in total. The molecular formula is C35H59N9O16. The Labute approximate surface area is 345 Å². The van der Waals surface area contributed by atoms with Gasteiger partial charge in [-0.15, -0.1) is 0 Å². The number of amides is 8.